The maximum atomic E-state index is 12.3. The molecule has 0 aliphatic rings. The molecule has 0 heterocycles. The number of nitrogens with zero attached hydrogens (tertiary/aromatic N) is 1. The molecular formula is C20H26N2O5S. The summed E-state index contributed by atoms with van der Waals surface area (Å²) in [5, 5.41) is 2.79. The first-order valence-electron chi connectivity index (χ1n) is 8.81. The zero-order valence-corrected chi connectivity index (χ0v) is 17.4. The Kier molecular flexibility index (Phi) is 7.28. The summed E-state index contributed by atoms with van der Waals surface area (Å²) in [6.45, 7) is 2.15. The van der Waals surface area contributed by atoms with Crippen LogP contribution < -0.4 is 19.1 Å². The molecule has 7 nitrogen and oxygen atoms in total. The van der Waals surface area contributed by atoms with Crippen LogP contribution in [0.1, 0.15) is 18.4 Å². The number of carbonyl (C=O) groups is 1. The Morgan fingerprint density at radius 1 is 1.07 bits per heavy atom. The molecule has 8 heteroatoms. The van der Waals surface area contributed by atoms with Gasteiger partial charge in [0, 0.05) is 19.0 Å². The van der Waals surface area contributed by atoms with E-state index in [0.717, 1.165) is 11.8 Å². The summed E-state index contributed by atoms with van der Waals surface area (Å²) in [5.74, 6) is 0.891. The highest BCUT2D eigenvalue weighted by molar-refractivity contribution is 7.92. The summed E-state index contributed by atoms with van der Waals surface area (Å²) in [4.78, 5) is 12.3. The molecule has 0 saturated carbocycles. The maximum absolute atomic E-state index is 12.3. The zero-order chi connectivity index (χ0) is 20.7. The molecule has 2 rings (SSSR count). The first-order valence-corrected chi connectivity index (χ1v) is 10.7. The molecule has 0 saturated heterocycles. The number of benzene rings is 2. The number of anilines is 2. The Hall–Kier alpha value is -2.74. The lowest BCUT2D eigenvalue weighted by atomic mass is 10.2. The molecule has 0 aromatic heterocycles. The number of sulfonamides is 1. The lowest BCUT2D eigenvalue weighted by Gasteiger charge is -2.22. The quantitative estimate of drug-likeness (QED) is 0.691. The smallest absolute Gasteiger partial charge is 0.232 e. The highest BCUT2D eigenvalue weighted by Gasteiger charge is 2.17. The predicted molar refractivity (Wildman–Crippen MR) is 111 cm³/mol. The van der Waals surface area contributed by atoms with E-state index >= 15 is 0 Å². The van der Waals surface area contributed by atoms with Crippen molar-refractivity contribution in [3.8, 4) is 11.5 Å². The van der Waals surface area contributed by atoms with Gasteiger partial charge in [-0.2, -0.15) is 0 Å². The number of amides is 1. The van der Waals surface area contributed by atoms with E-state index in [4.69, 9.17) is 9.47 Å². The van der Waals surface area contributed by atoms with Gasteiger partial charge in [-0.15, -0.1) is 0 Å². The van der Waals surface area contributed by atoms with Gasteiger partial charge < -0.3 is 14.8 Å². The lowest BCUT2D eigenvalue weighted by molar-refractivity contribution is -0.116. The van der Waals surface area contributed by atoms with Crippen molar-refractivity contribution in [1.82, 2.24) is 0 Å². The molecule has 0 bridgehead atoms. The van der Waals surface area contributed by atoms with Crippen molar-refractivity contribution in [3.05, 3.63) is 48.0 Å². The van der Waals surface area contributed by atoms with Gasteiger partial charge in [-0.25, -0.2) is 8.42 Å². The van der Waals surface area contributed by atoms with Crippen molar-refractivity contribution in [2.75, 3.05) is 36.6 Å². The second-order valence-electron chi connectivity index (χ2n) is 6.39. The van der Waals surface area contributed by atoms with Gasteiger partial charge in [-0.05, 0) is 37.6 Å². The molecule has 0 aliphatic heterocycles. The monoisotopic (exact) mass is 406 g/mol. The van der Waals surface area contributed by atoms with E-state index < -0.39 is 10.0 Å². The molecule has 0 radical (unpaired) electrons. The van der Waals surface area contributed by atoms with Crippen LogP contribution in [0, 0.1) is 6.92 Å². The number of hydrogen-bond acceptors (Lipinski definition) is 5. The summed E-state index contributed by atoms with van der Waals surface area (Å²) in [6.07, 6.45) is 1.72. The van der Waals surface area contributed by atoms with Crippen LogP contribution in [0.3, 0.4) is 0 Å². The van der Waals surface area contributed by atoms with Gasteiger partial charge >= 0.3 is 0 Å². The molecule has 0 fully saturated rings. The molecule has 152 valence electrons. The highest BCUT2D eigenvalue weighted by Crippen LogP contribution is 2.29. The van der Waals surface area contributed by atoms with Crippen LogP contribution in [0.25, 0.3) is 0 Å². The largest absolute Gasteiger partial charge is 0.497 e. The molecule has 1 amide bonds. The van der Waals surface area contributed by atoms with E-state index in [1.807, 2.05) is 19.1 Å². The summed E-state index contributed by atoms with van der Waals surface area (Å²) >= 11 is 0. The van der Waals surface area contributed by atoms with Gasteiger partial charge in [0.2, 0.25) is 15.9 Å². The van der Waals surface area contributed by atoms with Crippen molar-refractivity contribution >= 4 is 27.3 Å². The molecule has 2 aromatic carbocycles. The van der Waals surface area contributed by atoms with Gasteiger partial charge in [-0.1, -0.05) is 17.7 Å². The predicted octanol–water partition coefficient (Wildman–Crippen LogP) is 3.20. The zero-order valence-electron chi connectivity index (χ0n) is 16.6. The van der Waals surface area contributed by atoms with Gasteiger partial charge in [0.25, 0.3) is 0 Å². The molecule has 28 heavy (non-hydrogen) atoms. The second-order valence-corrected chi connectivity index (χ2v) is 8.30. The molecule has 0 aliphatic carbocycles. The molecule has 0 spiro atoms. The first-order chi connectivity index (χ1) is 13.2. The van der Waals surface area contributed by atoms with E-state index in [-0.39, 0.29) is 18.9 Å². The van der Waals surface area contributed by atoms with E-state index in [9.17, 15) is 13.2 Å². The Morgan fingerprint density at radius 3 is 2.32 bits per heavy atom. The van der Waals surface area contributed by atoms with Crippen LogP contribution >= 0.6 is 0 Å². The Bertz CT molecular complexity index is 911. The normalized spacial score (nSPS) is 11.0. The van der Waals surface area contributed by atoms with Crippen LogP contribution in [0.5, 0.6) is 11.5 Å². The standard InChI is InChI=1S/C20H26N2O5S/c1-15-7-9-16(10-8-15)22(28(4,24)25)13-5-6-20(23)21-18-12-11-17(26-2)14-19(18)27-3/h7-12,14H,5-6,13H2,1-4H3,(H,21,23). The molecule has 2 aromatic rings. The third-order valence-corrected chi connectivity index (χ3v) is 5.36. The average Bonchev–Trinajstić information content (AvgIpc) is 2.65. The van der Waals surface area contributed by atoms with Crippen LogP contribution in [0.15, 0.2) is 42.5 Å². The van der Waals surface area contributed by atoms with E-state index in [2.05, 4.69) is 5.32 Å². The topological polar surface area (TPSA) is 84.9 Å². The number of nitrogens with one attached hydrogen (secondary N) is 1. The average molecular weight is 407 g/mol. The van der Waals surface area contributed by atoms with E-state index in [1.54, 1.807) is 37.4 Å². The lowest BCUT2D eigenvalue weighted by Crippen LogP contribution is -2.31. The van der Waals surface area contributed by atoms with Crippen LogP contribution in [-0.2, 0) is 14.8 Å². The van der Waals surface area contributed by atoms with Crippen molar-refractivity contribution in [3.63, 3.8) is 0 Å². The van der Waals surface area contributed by atoms with Crippen molar-refractivity contribution in [2.24, 2.45) is 0 Å². The molecule has 1 N–H and O–H groups in total. The number of rotatable bonds is 9. The van der Waals surface area contributed by atoms with Crippen LogP contribution in [-0.4, -0.2) is 41.3 Å². The number of aryl methyl sites for hydroxylation is 1. The van der Waals surface area contributed by atoms with Gasteiger partial charge in [0.15, 0.2) is 0 Å². The Labute approximate surface area is 166 Å². The van der Waals surface area contributed by atoms with Crippen LogP contribution in [0.2, 0.25) is 0 Å². The Morgan fingerprint density at radius 2 is 1.75 bits per heavy atom. The minimum absolute atomic E-state index is 0.174. The van der Waals surface area contributed by atoms with Gasteiger partial charge in [0.05, 0.1) is 31.9 Å². The number of carbonyl (C=O) groups excluding carboxylic acids is 1. The SMILES string of the molecule is COc1ccc(NC(=O)CCCN(c2ccc(C)cc2)S(C)(=O)=O)c(OC)c1. The highest BCUT2D eigenvalue weighted by atomic mass is 32.2. The minimum Gasteiger partial charge on any atom is -0.497 e. The molecular weight excluding hydrogens is 380 g/mol. The third kappa shape index (κ3) is 5.88. The maximum Gasteiger partial charge on any atom is 0.232 e. The number of ether oxygens (including phenoxy) is 2. The third-order valence-electron chi connectivity index (χ3n) is 4.17. The van der Waals surface area contributed by atoms with Crippen molar-refractivity contribution in [2.45, 2.75) is 19.8 Å². The molecule has 0 atom stereocenters. The minimum atomic E-state index is -3.44. The summed E-state index contributed by atoms with van der Waals surface area (Å²) in [7, 11) is -0.378. The van der Waals surface area contributed by atoms with Gasteiger partial charge in [-0.3, -0.25) is 9.10 Å². The van der Waals surface area contributed by atoms with Gasteiger partial charge in [0.1, 0.15) is 11.5 Å². The second kappa shape index (κ2) is 9.45. The molecule has 0 unspecified atom stereocenters. The fourth-order valence-electron chi connectivity index (χ4n) is 2.70. The first kappa shape index (κ1) is 21.6. The summed E-state index contributed by atoms with van der Waals surface area (Å²) in [6, 6.07) is 12.3. The fourth-order valence-corrected chi connectivity index (χ4v) is 3.66. The van der Waals surface area contributed by atoms with Crippen LogP contribution in [0.4, 0.5) is 11.4 Å². The van der Waals surface area contributed by atoms with E-state index in [1.165, 1.54) is 11.4 Å². The van der Waals surface area contributed by atoms with Crippen molar-refractivity contribution < 1.29 is 22.7 Å². The van der Waals surface area contributed by atoms with Crippen molar-refractivity contribution in [1.29, 1.82) is 0 Å². The van der Waals surface area contributed by atoms with E-state index in [0.29, 0.717) is 29.3 Å². The summed E-state index contributed by atoms with van der Waals surface area (Å²) < 4.78 is 36.0. The fraction of sp³-hybridized carbons (Fsp3) is 0.350. The summed E-state index contributed by atoms with van der Waals surface area (Å²) in [5.41, 5.74) is 2.17. The number of hydrogen-bond donors (Lipinski definition) is 1. The number of methoxy groups -OCH3 is 2. The Balaban J connectivity index is 1.99.